The maximum atomic E-state index is 13.1. The molecular weight excluding hydrogens is 680 g/mol. The van der Waals surface area contributed by atoms with Gasteiger partial charge in [-0.3, -0.25) is 19.1 Å². The SMILES string of the molecule is [B]C([B])(c1cccc(C(=O)N(C)C2CC2)n1)N1CC(n2ncc3c2C(C)N(C)c2c(NC(/C=C(\N)NC(=O)C4CC4)=C(/N)C(=O)NC4CC4)cccc2-3)C1. The number of carbonyl (C=O) groups is 3. The van der Waals surface area contributed by atoms with Crippen molar-refractivity contribution in [3.8, 4) is 11.1 Å². The number of hydrogen-bond donors (Lipinski definition) is 5. The van der Waals surface area contributed by atoms with Crippen molar-refractivity contribution in [3.05, 3.63) is 83.0 Å². The molecule has 0 spiro atoms. The van der Waals surface area contributed by atoms with E-state index in [1.54, 1.807) is 30.1 Å². The van der Waals surface area contributed by atoms with Crippen molar-refractivity contribution in [2.75, 3.05) is 37.4 Å². The van der Waals surface area contributed by atoms with E-state index in [0.29, 0.717) is 30.2 Å². The fourth-order valence-corrected chi connectivity index (χ4v) is 7.29. The first-order chi connectivity index (χ1) is 25.8. The van der Waals surface area contributed by atoms with Crippen molar-refractivity contribution >= 4 is 44.8 Å². The van der Waals surface area contributed by atoms with Gasteiger partial charge in [0.1, 0.15) is 17.2 Å². The Morgan fingerprint density at radius 3 is 2.41 bits per heavy atom. The standard InChI is InChI=1S/C38H45B2N11O3/c1-20-33-26(17-43-51(33)24-18-50(19-24)38(39,40)30-9-5-8-28(46-30)37(54)49(3)23-14-15-23)25-6-4-7-27(34(25)48(20)2)45-29(32(42)36(53)44-22-12-13-22)16-31(41)47-35(52)21-10-11-21/h4-9,16-17,20-24,45H,10-15,18-19,41-42H2,1-3H3,(H,44,53)(H,47,52)/b31-16+,32-29+. The molecule has 2 aliphatic heterocycles. The fraction of sp³-hybridized carbons (Fsp3) is 0.447. The van der Waals surface area contributed by atoms with E-state index in [9.17, 15) is 14.4 Å². The molecule has 1 atom stereocenters. The summed E-state index contributed by atoms with van der Waals surface area (Å²) in [6.07, 6.45) is 8.88. The van der Waals surface area contributed by atoms with Crippen LogP contribution in [-0.2, 0) is 14.9 Å². The first-order valence-corrected chi connectivity index (χ1v) is 18.7. The number of likely N-dealkylation sites (tertiary alicyclic amines) is 1. The number of benzene rings is 1. The number of para-hydroxylation sites is 1. The van der Waals surface area contributed by atoms with Crippen LogP contribution in [0.2, 0.25) is 0 Å². The number of carbonyl (C=O) groups excluding carboxylic acids is 3. The Kier molecular flexibility index (Phi) is 8.98. The number of aromatic nitrogens is 3. The quantitative estimate of drug-likeness (QED) is 0.105. The maximum absolute atomic E-state index is 13.1. The predicted octanol–water partition coefficient (Wildman–Crippen LogP) is 1.88. The lowest BCUT2D eigenvalue weighted by Gasteiger charge is -2.50. The number of hydrogen-bond acceptors (Lipinski definition) is 10. The highest BCUT2D eigenvalue weighted by molar-refractivity contribution is 6.39. The third-order valence-electron chi connectivity index (χ3n) is 11.2. The number of rotatable bonds is 12. The smallest absolute Gasteiger partial charge is 0.272 e. The van der Waals surface area contributed by atoms with Gasteiger partial charge in [0.25, 0.3) is 11.8 Å². The highest BCUT2D eigenvalue weighted by atomic mass is 16.2. The molecule has 1 saturated heterocycles. The summed E-state index contributed by atoms with van der Waals surface area (Å²) >= 11 is 0. The molecule has 14 nitrogen and oxygen atoms in total. The number of anilines is 2. The summed E-state index contributed by atoms with van der Waals surface area (Å²) in [5.74, 6) is -0.630. The Morgan fingerprint density at radius 2 is 1.72 bits per heavy atom. The molecule has 16 heteroatoms. The molecule has 0 bridgehead atoms. The zero-order valence-corrected chi connectivity index (χ0v) is 30.9. The summed E-state index contributed by atoms with van der Waals surface area (Å²) in [6.45, 7) is 3.19. The lowest BCUT2D eigenvalue weighted by Crippen LogP contribution is -2.60. The molecule has 3 aromatic rings. The van der Waals surface area contributed by atoms with Crippen LogP contribution < -0.4 is 32.3 Å². The number of pyridine rings is 1. The molecule has 1 unspecified atom stereocenters. The molecule has 8 rings (SSSR count). The number of nitrogens with two attached hydrogens (primary N) is 2. The van der Waals surface area contributed by atoms with Gasteiger partial charge in [0, 0.05) is 68.1 Å². The van der Waals surface area contributed by atoms with Gasteiger partial charge in [-0.05, 0) is 69.0 Å². The maximum Gasteiger partial charge on any atom is 0.272 e. The van der Waals surface area contributed by atoms with Crippen LogP contribution in [0.3, 0.4) is 0 Å². The Bertz CT molecular complexity index is 2080. The molecule has 4 fully saturated rings. The summed E-state index contributed by atoms with van der Waals surface area (Å²) in [4.78, 5) is 49.1. The van der Waals surface area contributed by atoms with Gasteiger partial charge in [-0.2, -0.15) is 5.10 Å². The molecule has 4 heterocycles. The van der Waals surface area contributed by atoms with E-state index in [-0.39, 0.29) is 59.1 Å². The van der Waals surface area contributed by atoms with E-state index >= 15 is 0 Å². The van der Waals surface area contributed by atoms with Crippen LogP contribution in [0, 0.1) is 5.92 Å². The van der Waals surface area contributed by atoms with Gasteiger partial charge in [0.15, 0.2) is 0 Å². The van der Waals surface area contributed by atoms with Crippen LogP contribution in [0.1, 0.15) is 79.4 Å². The van der Waals surface area contributed by atoms with Gasteiger partial charge in [0.05, 0.1) is 56.7 Å². The molecule has 3 saturated carbocycles. The lowest BCUT2D eigenvalue weighted by atomic mass is 9.57. The Hall–Kier alpha value is -5.24. The van der Waals surface area contributed by atoms with Crippen molar-refractivity contribution < 1.29 is 14.4 Å². The molecule has 54 heavy (non-hydrogen) atoms. The van der Waals surface area contributed by atoms with Gasteiger partial charge in [0.2, 0.25) is 5.91 Å². The third kappa shape index (κ3) is 6.71. The third-order valence-corrected chi connectivity index (χ3v) is 11.2. The molecule has 5 aliphatic rings. The highest BCUT2D eigenvalue weighted by Crippen LogP contribution is 2.49. The number of allylic oxidation sites excluding steroid dienone is 1. The van der Waals surface area contributed by atoms with E-state index in [0.717, 1.165) is 61.0 Å². The van der Waals surface area contributed by atoms with Crippen LogP contribution in [0.25, 0.3) is 11.1 Å². The molecule has 7 N–H and O–H groups in total. The minimum Gasteiger partial charge on any atom is -0.393 e. The van der Waals surface area contributed by atoms with E-state index < -0.39 is 11.2 Å². The monoisotopic (exact) mass is 725 g/mol. The average molecular weight is 725 g/mol. The summed E-state index contributed by atoms with van der Waals surface area (Å²) in [5.41, 5.74) is 18.3. The number of nitrogens with zero attached hydrogens (tertiary/aromatic N) is 6. The Balaban J connectivity index is 1.03. The van der Waals surface area contributed by atoms with Crippen LogP contribution in [0.15, 0.2) is 65.9 Å². The summed E-state index contributed by atoms with van der Waals surface area (Å²) < 4.78 is 2.06. The second-order valence-corrected chi connectivity index (χ2v) is 15.4. The van der Waals surface area contributed by atoms with Crippen LogP contribution in [0.4, 0.5) is 11.4 Å². The fourth-order valence-electron chi connectivity index (χ4n) is 7.29. The number of fused-ring (bicyclic) bond motifs is 3. The van der Waals surface area contributed by atoms with Gasteiger partial charge in [-0.15, -0.1) is 0 Å². The highest BCUT2D eigenvalue weighted by Gasteiger charge is 2.43. The van der Waals surface area contributed by atoms with Crippen molar-refractivity contribution in [2.24, 2.45) is 17.4 Å². The van der Waals surface area contributed by atoms with E-state index in [1.165, 1.54) is 6.08 Å². The van der Waals surface area contributed by atoms with Crippen LogP contribution in [0.5, 0.6) is 0 Å². The molecule has 3 amide bonds. The molecule has 276 valence electrons. The van der Waals surface area contributed by atoms with Gasteiger partial charge < -0.3 is 42.1 Å². The number of amides is 3. The van der Waals surface area contributed by atoms with Crippen molar-refractivity contribution in [1.82, 2.24) is 35.2 Å². The topological polar surface area (TPSA) is 180 Å². The van der Waals surface area contributed by atoms with E-state index in [2.05, 4.69) is 37.4 Å². The second kappa shape index (κ2) is 13.6. The number of nitrogens with one attached hydrogen (secondary N) is 3. The minimum atomic E-state index is -1.38. The van der Waals surface area contributed by atoms with Gasteiger partial charge in [-0.1, -0.05) is 18.2 Å². The summed E-state index contributed by atoms with van der Waals surface area (Å²) in [5, 5.41) is 12.6. The molecule has 1 aromatic carbocycles. The van der Waals surface area contributed by atoms with Gasteiger partial charge in [-0.25, -0.2) is 4.98 Å². The minimum absolute atomic E-state index is 0.00280. The first-order valence-electron chi connectivity index (χ1n) is 18.7. The second-order valence-electron chi connectivity index (χ2n) is 15.4. The molecule has 4 radical (unpaired) electrons. The molecule has 2 aromatic heterocycles. The van der Waals surface area contributed by atoms with Crippen LogP contribution >= 0.6 is 0 Å². The van der Waals surface area contributed by atoms with Crippen molar-refractivity contribution in [2.45, 2.75) is 75.0 Å². The lowest BCUT2D eigenvalue weighted by molar-refractivity contribution is -0.121. The molecule has 3 aliphatic carbocycles. The zero-order valence-electron chi connectivity index (χ0n) is 30.9. The summed E-state index contributed by atoms with van der Waals surface area (Å²) in [6, 6.07) is 11.4. The molecular formula is C38H45B2N11O3. The summed E-state index contributed by atoms with van der Waals surface area (Å²) in [7, 11) is 17.3. The van der Waals surface area contributed by atoms with Crippen LogP contribution in [-0.4, -0.2) is 97.2 Å². The Labute approximate surface area is 317 Å². The average Bonchev–Trinajstić information content (AvgIpc) is 3.99. The van der Waals surface area contributed by atoms with Crippen molar-refractivity contribution in [1.29, 1.82) is 0 Å². The van der Waals surface area contributed by atoms with Crippen molar-refractivity contribution in [3.63, 3.8) is 0 Å². The van der Waals surface area contributed by atoms with E-state index in [1.807, 2.05) is 36.3 Å². The largest absolute Gasteiger partial charge is 0.393 e. The van der Waals surface area contributed by atoms with Gasteiger partial charge >= 0.3 is 0 Å². The first kappa shape index (κ1) is 35.8. The Morgan fingerprint density at radius 1 is 1.00 bits per heavy atom. The zero-order chi connectivity index (χ0) is 38.1. The normalized spacial score (nSPS) is 20.6. The van der Waals surface area contributed by atoms with E-state index in [4.69, 9.17) is 32.3 Å². The predicted molar refractivity (Wildman–Crippen MR) is 207 cm³/mol.